The highest BCUT2D eigenvalue weighted by Gasteiger charge is 2.30. The Balaban J connectivity index is 1.80. The molecule has 1 saturated heterocycles. The first-order valence-electron chi connectivity index (χ1n) is 8.42. The van der Waals surface area contributed by atoms with E-state index in [1.807, 2.05) is 0 Å². The van der Waals surface area contributed by atoms with Crippen molar-refractivity contribution in [1.29, 1.82) is 0 Å². The topological polar surface area (TPSA) is 58.1 Å². The van der Waals surface area contributed by atoms with Gasteiger partial charge >= 0.3 is 6.18 Å². The lowest BCUT2D eigenvalue weighted by atomic mass is 10.1. The molecule has 2 aromatic rings. The van der Waals surface area contributed by atoms with Crippen molar-refractivity contribution < 1.29 is 18.0 Å². The molecule has 0 unspecified atom stereocenters. The van der Waals surface area contributed by atoms with Gasteiger partial charge in [0.05, 0.1) is 5.56 Å². The second-order valence-corrected chi connectivity index (χ2v) is 6.24. The number of alkyl halides is 3. The number of hydrogen-bond acceptors (Lipinski definition) is 4. The Hall–Kier alpha value is -2.64. The summed E-state index contributed by atoms with van der Waals surface area (Å²) in [7, 11) is 0. The van der Waals surface area contributed by atoms with Crippen LogP contribution in [0, 0.1) is 6.92 Å². The molecular formula is C18H19F3N4O. The van der Waals surface area contributed by atoms with Crippen molar-refractivity contribution >= 4 is 17.4 Å². The van der Waals surface area contributed by atoms with Crippen molar-refractivity contribution in [1.82, 2.24) is 9.97 Å². The average molecular weight is 364 g/mol. The molecule has 2 heterocycles. The van der Waals surface area contributed by atoms with Crippen molar-refractivity contribution in [3.63, 3.8) is 0 Å². The molecule has 1 aliphatic rings. The van der Waals surface area contributed by atoms with Gasteiger partial charge in [0.2, 0.25) is 0 Å². The van der Waals surface area contributed by atoms with E-state index in [0.29, 0.717) is 11.6 Å². The normalized spacial score (nSPS) is 15.0. The van der Waals surface area contributed by atoms with Gasteiger partial charge in [0.15, 0.2) is 0 Å². The van der Waals surface area contributed by atoms with E-state index in [4.69, 9.17) is 0 Å². The molecule has 1 fully saturated rings. The molecule has 0 bridgehead atoms. The fourth-order valence-corrected chi connectivity index (χ4v) is 2.92. The number of anilines is 2. The average Bonchev–Trinajstić information content (AvgIpc) is 2.61. The van der Waals surface area contributed by atoms with E-state index < -0.39 is 17.6 Å². The molecule has 1 amide bonds. The number of carbonyl (C=O) groups is 1. The molecule has 1 aromatic heterocycles. The van der Waals surface area contributed by atoms with Crippen LogP contribution in [0.1, 0.15) is 41.1 Å². The largest absolute Gasteiger partial charge is 0.416 e. The fourth-order valence-electron chi connectivity index (χ4n) is 2.92. The second-order valence-electron chi connectivity index (χ2n) is 6.24. The Labute approximate surface area is 149 Å². The number of rotatable bonds is 3. The fraction of sp³-hybridized carbons (Fsp3) is 0.389. The van der Waals surface area contributed by atoms with E-state index in [2.05, 4.69) is 20.2 Å². The van der Waals surface area contributed by atoms with Crippen molar-refractivity contribution in [3.8, 4) is 0 Å². The van der Waals surface area contributed by atoms with Crippen molar-refractivity contribution in [2.24, 2.45) is 0 Å². The molecule has 0 radical (unpaired) electrons. The van der Waals surface area contributed by atoms with Gasteiger partial charge in [-0.25, -0.2) is 9.97 Å². The lowest BCUT2D eigenvalue weighted by Crippen LogP contribution is -2.31. The summed E-state index contributed by atoms with van der Waals surface area (Å²) in [5.74, 6) is 0.557. The van der Waals surface area contributed by atoms with Crippen LogP contribution in [0.2, 0.25) is 0 Å². The third-order valence-corrected chi connectivity index (χ3v) is 4.18. The lowest BCUT2D eigenvalue weighted by molar-refractivity contribution is -0.137. The molecule has 5 nitrogen and oxygen atoms in total. The van der Waals surface area contributed by atoms with Gasteiger partial charge in [-0.1, -0.05) is 6.07 Å². The molecule has 0 spiro atoms. The summed E-state index contributed by atoms with van der Waals surface area (Å²) >= 11 is 0. The van der Waals surface area contributed by atoms with E-state index in [-0.39, 0.29) is 11.4 Å². The molecule has 0 atom stereocenters. The molecule has 0 saturated carbocycles. The number of nitrogens with one attached hydrogen (secondary N) is 1. The van der Waals surface area contributed by atoms with Crippen molar-refractivity contribution in [2.75, 3.05) is 23.3 Å². The molecule has 3 rings (SSSR count). The van der Waals surface area contributed by atoms with Gasteiger partial charge in [0.25, 0.3) is 5.91 Å². The zero-order valence-electron chi connectivity index (χ0n) is 14.3. The Morgan fingerprint density at radius 3 is 2.54 bits per heavy atom. The van der Waals surface area contributed by atoms with Gasteiger partial charge in [-0.2, -0.15) is 13.2 Å². The Kier molecular flexibility index (Phi) is 5.11. The van der Waals surface area contributed by atoms with Gasteiger partial charge in [-0.05, 0) is 44.4 Å². The van der Waals surface area contributed by atoms with Crippen LogP contribution in [0.3, 0.4) is 0 Å². The first-order valence-corrected chi connectivity index (χ1v) is 8.42. The molecule has 138 valence electrons. The molecule has 26 heavy (non-hydrogen) atoms. The van der Waals surface area contributed by atoms with Crippen LogP contribution in [0.4, 0.5) is 24.7 Å². The molecular weight excluding hydrogens is 345 g/mol. The molecule has 1 aliphatic heterocycles. The molecule has 0 aliphatic carbocycles. The minimum atomic E-state index is -4.46. The van der Waals surface area contributed by atoms with E-state index in [1.54, 1.807) is 13.0 Å². The minimum Gasteiger partial charge on any atom is -0.356 e. The quantitative estimate of drug-likeness (QED) is 0.893. The summed E-state index contributed by atoms with van der Waals surface area (Å²) in [6.45, 7) is 3.42. The standard InChI is InChI=1S/C18H19F3N4O/c1-12-22-15(11-16(23-12)25-8-3-2-4-9-25)17(26)24-14-7-5-6-13(10-14)18(19,20)21/h5-7,10-11H,2-4,8-9H2,1H3,(H,24,26). The van der Waals surface area contributed by atoms with Crippen molar-refractivity contribution in [3.05, 3.63) is 47.4 Å². The number of aryl methyl sites for hydroxylation is 1. The summed E-state index contributed by atoms with van der Waals surface area (Å²) in [6, 6.07) is 6.10. The van der Waals surface area contributed by atoms with Gasteiger partial charge in [-0.3, -0.25) is 4.79 Å². The van der Waals surface area contributed by atoms with Gasteiger partial charge in [0.1, 0.15) is 17.3 Å². The third-order valence-electron chi connectivity index (χ3n) is 4.18. The van der Waals surface area contributed by atoms with Crippen LogP contribution in [0.25, 0.3) is 0 Å². The predicted octanol–water partition coefficient (Wildman–Crippen LogP) is 4.05. The number of aromatic nitrogens is 2. The summed E-state index contributed by atoms with van der Waals surface area (Å²) in [5, 5.41) is 2.48. The van der Waals surface area contributed by atoms with Crippen molar-refractivity contribution in [2.45, 2.75) is 32.4 Å². The summed E-state index contributed by atoms with van der Waals surface area (Å²) in [6.07, 6.45) is -1.17. The smallest absolute Gasteiger partial charge is 0.356 e. The van der Waals surface area contributed by atoms with E-state index in [9.17, 15) is 18.0 Å². The number of carbonyl (C=O) groups excluding carboxylic acids is 1. The first kappa shape index (κ1) is 18.2. The Morgan fingerprint density at radius 1 is 1.12 bits per heavy atom. The lowest BCUT2D eigenvalue weighted by Gasteiger charge is -2.28. The van der Waals surface area contributed by atoms with Gasteiger partial charge in [-0.15, -0.1) is 0 Å². The Morgan fingerprint density at radius 2 is 1.85 bits per heavy atom. The maximum absolute atomic E-state index is 12.8. The summed E-state index contributed by atoms with van der Waals surface area (Å²) < 4.78 is 38.4. The van der Waals surface area contributed by atoms with Crippen LogP contribution in [-0.2, 0) is 6.18 Å². The number of nitrogens with zero attached hydrogens (tertiary/aromatic N) is 3. The number of amides is 1. The highest BCUT2D eigenvalue weighted by Crippen LogP contribution is 2.30. The van der Waals surface area contributed by atoms with Crippen LogP contribution < -0.4 is 10.2 Å². The van der Waals surface area contributed by atoms with Gasteiger partial charge < -0.3 is 10.2 Å². The predicted molar refractivity (Wildman–Crippen MR) is 92.2 cm³/mol. The first-order chi connectivity index (χ1) is 12.3. The number of halogens is 3. The zero-order valence-corrected chi connectivity index (χ0v) is 14.3. The highest BCUT2D eigenvalue weighted by molar-refractivity contribution is 6.03. The molecule has 1 N–H and O–H groups in total. The number of benzene rings is 1. The van der Waals surface area contributed by atoms with Crippen LogP contribution in [0.15, 0.2) is 30.3 Å². The third kappa shape index (κ3) is 4.30. The monoisotopic (exact) mass is 364 g/mol. The minimum absolute atomic E-state index is 0.0700. The number of hydrogen-bond donors (Lipinski definition) is 1. The van der Waals surface area contributed by atoms with Crippen LogP contribution in [-0.4, -0.2) is 29.0 Å². The summed E-state index contributed by atoms with van der Waals surface area (Å²) in [4.78, 5) is 23.1. The maximum atomic E-state index is 12.8. The van der Waals surface area contributed by atoms with E-state index >= 15 is 0 Å². The highest BCUT2D eigenvalue weighted by atomic mass is 19.4. The summed E-state index contributed by atoms with van der Waals surface area (Å²) in [5.41, 5.74) is -0.612. The van der Waals surface area contributed by atoms with Gasteiger partial charge in [0, 0.05) is 24.8 Å². The maximum Gasteiger partial charge on any atom is 0.416 e. The van der Waals surface area contributed by atoms with E-state index in [0.717, 1.165) is 38.1 Å². The number of piperidine rings is 1. The zero-order chi connectivity index (χ0) is 18.7. The Bertz CT molecular complexity index is 801. The second kappa shape index (κ2) is 7.31. The van der Waals surface area contributed by atoms with E-state index in [1.165, 1.54) is 18.6 Å². The van der Waals surface area contributed by atoms with Crippen LogP contribution >= 0.6 is 0 Å². The SMILES string of the molecule is Cc1nc(C(=O)Nc2cccc(C(F)(F)F)c2)cc(N2CCCCC2)n1. The molecule has 1 aromatic carbocycles. The molecule has 8 heteroatoms. The van der Waals surface area contributed by atoms with Crippen LogP contribution in [0.5, 0.6) is 0 Å².